The van der Waals surface area contributed by atoms with Crippen LogP contribution in [0.2, 0.25) is 0 Å². The van der Waals surface area contributed by atoms with Gasteiger partial charge in [0.2, 0.25) is 0 Å². The third-order valence-corrected chi connectivity index (χ3v) is 4.03. The minimum Gasteiger partial charge on any atom is -0.494 e. The standard InChI is InChI=1S/C16H26N2O2/c1-3-20-15-6-4-14(5-7-15)12-16(2,13-17)18-8-10-19-11-9-18/h4-7H,3,8-13,17H2,1-2H3. The maximum atomic E-state index is 6.06. The highest BCUT2D eigenvalue weighted by atomic mass is 16.5. The van der Waals surface area contributed by atoms with Crippen LogP contribution in [0.25, 0.3) is 0 Å². The zero-order chi connectivity index (χ0) is 14.4. The summed E-state index contributed by atoms with van der Waals surface area (Å²) in [6.45, 7) is 9.13. The first-order valence-electron chi connectivity index (χ1n) is 7.42. The van der Waals surface area contributed by atoms with Crippen molar-refractivity contribution in [3.63, 3.8) is 0 Å². The largest absolute Gasteiger partial charge is 0.494 e. The molecular formula is C16H26N2O2. The van der Waals surface area contributed by atoms with E-state index in [9.17, 15) is 0 Å². The van der Waals surface area contributed by atoms with Crippen LogP contribution in [0.15, 0.2) is 24.3 Å². The van der Waals surface area contributed by atoms with E-state index in [1.165, 1.54) is 5.56 Å². The van der Waals surface area contributed by atoms with E-state index in [4.69, 9.17) is 15.2 Å². The van der Waals surface area contributed by atoms with Gasteiger partial charge in [-0.3, -0.25) is 4.90 Å². The van der Waals surface area contributed by atoms with Gasteiger partial charge >= 0.3 is 0 Å². The van der Waals surface area contributed by atoms with E-state index in [0.717, 1.165) is 38.5 Å². The molecule has 0 radical (unpaired) electrons. The van der Waals surface area contributed by atoms with Crippen LogP contribution in [0.3, 0.4) is 0 Å². The second-order valence-electron chi connectivity index (χ2n) is 5.55. The molecule has 1 fully saturated rings. The van der Waals surface area contributed by atoms with Gasteiger partial charge in [0, 0.05) is 25.2 Å². The summed E-state index contributed by atoms with van der Waals surface area (Å²) in [6.07, 6.45) is 0.954. The highest BCUT2D eigenvalue weighted by Crippen LogP contribution is 2.22. The number of rotatable bonds is 6. The van der Waals surface area contributed by atoms with E-state index in [1.807, 2.05) is 19.1 Å². The van der Waals surface area contributed by atoms with Gasteiger partial charge in [-0.25, -0.2) is 0 Å². The highest BCUT2D eigenvalue weighted by molar-refractivity contribution is 5.28. The van der Waals surface area contributed by atoms with Gasteiger partial charge in [-0.2, -0.15) is 0 Å². The second kappa shape index (κ2) is 7.07. The lowest BCUT2D eigenvalue weighted by Gasteiger charge is -2.43. The van der Waals surface area contributed by atoms with Gasteiger partial charge in [-0.1, -0.05) is 12.1 Å². The number of hydrogen-bond donors (Lipinski definition) is 1. The van der Waals surface area contributed by atoms with Crippen LogP contribution in [-0.4, -0.2) is 49.9 Å². The van der Waals surface area contributed by atoms with Crippen molar-refractivity contribution >= 4 is 0 Å². The van der Waals surface area contributed by atoms with Crippen molar-refractivity contribution in [2.45, 2.75) is 25.8 Å². The summed E-state index contributed by atoms with van der Waals surface area (Å²) in [6, 6.07) is 8.35. The number of nitrogens with zero attached hydrogens (tertiary/aromatic N) is 1. The Hall–Kier alpha value is -1.10. The number of nitrogens with two attached hydrogens (primary N) is 1. The number of ether oxygens (including phenoxy) is 2. The molecule has 4 nitrogen and oxygen atoms in total. The van der Waals surface area contributed by atoms with Gasteiger partial charge in [0.1, 0.15) is 5.75 Å². The molecule has 0 amide bonds. The molecule has 1 heterocycles. The lowest BCUT2D eigenvalue weighted by Crippen LogP contribution is -2.56. The molecule has 1 aromatic carbocycles. The zero-order valence-corrected chi connectivity index (χ0v) is 12.6. The predicted octanol–water partition coefficient (Wildman–Crippen LogP) is 1.68. The van der Waals surface area contributed by atoms with Crippen LogP contribution in [0.5, 0.6) is 5.75 Å². The molecule has 1 atom stereocenters. The van der Waals surface area contributed by atoms with Crippen LogP contribution in [0.1, 0.15) is 19.4 Å². The molecule has 1 aliphatic heterocycles. The molecule has 20 heavy (non-hydrogen) atoms. The van der Waals surface area contributed by atoms with Crippen molar-refractivity contribution in [2.24, 2.45) is 5.73 Å². The molecule has 1 unspecified atom stereocenters. The van der Waals surface area contributed by atoms with Crippen LogP contribution in [-0.2, 0) is 11.2 Å². The Morgan fingerprint density at radius 3 is 2.45 bits per heavy atom. The first-order chi connectivity index (χ1) is 9.68. The summed E-state index contributed by atoms with van der Waals surface area (Å²) >= 11 is 0. The third-order valence-electron chi connectivity index (χ3n) is 4.03. The molecule has 0 spiro atoms. The van der Waals surface area contributed by atoms with E-state index < -0.39 is 0 Å². The van der Waals surface area contributed by atoms with Gasteiger partial charge in [-0.15, -0.1) is 0 Å². The molecule has 1 aromatic rings. The van der Waals surface area contributed by atoms with Gasteiger partial charge in [0.25, 0.3) is 0 Å². The molecule has 4 heteroatoms. The summed E-state index contributed by atoms with van der Waals surface area (Å²) in [5, 5.41) is 0. The summed E-state index contributed by atoms with van der Waals surface area (Å²) in [5.74, 6) is 0.928. The number of morpholine rings is 1. The maximum absolute atomic E-state index is 6.06. The molecule has 2 N–H and O–H groups in total. The van der Waals surface area contributed by atoms with E-state index >= 15 is 0 Å². The third kappa shape index (κ3) is 3.72. The first-order valence-corrected chi connectivity index (χ1v) is 7.42. The Labute approximate surface area is 121 Å². The Morgan fingerprint density at radius 2 is 1.90 bits per heavy atom. The Bertz CT molecular complexity index is 401. The van der Waals surface area contributed by atoms with Crippen molar-refractivity contribution in [1.82, 2.24) is 4.90 Å². The van der Waals surface area contributed by atoms with E-state index in [2.05, 4.69) is 24.0 Å². The fourth-order valence-corrected chi connectivity index (χ4v) is 2.73. The monoisotopic (exact) mass is 278 g/mol. The van der Waals surface area contributed by atoms with Crippen molar-refractivity contribution in [2.75, 3.05) is 39.5 Å². The Balaban J connectivity index is 2.04. The topological polar surface area (TPSA) is 47.7 Å². The molecule has 0 saturated carbocycles. The molecule has 0 aromatic heterocycles. The van der Waals surface area contributed by atoms with E-state index in [-0.39, 0.29) is 5.54 Å². The van der Waals surface area contributed by atoms with Crippen molar-refractivity contribution in [3.05, 3.63) is 29.8 Å². The lowest BCUT2D eigenvalue weighted by atomic mass is 9.90. The summed E-state index contributed by atoms with van der Waals surface area (Å²) < 4.78 is 10.9. The maximum Gasteiger partial charge on any atom is 0.119 e. The average molecular weight is 278 g/mol. The molecule has 1 aliphatic rings. The predicted molar refractivity (Wildman–Crippen MR) is 81.2 cm³/mol. The van der Waals surface area contributed by atoms with Crippen molar-refractivity contribution in [3.8, 4) is 5.75 Å². The minimum atomic E-state index is -0.00307. The smallest absolute Gasteiger partial charge is 0.119 e. The molecule has 0 bridgehead atoms. The second-order valence-corrected chi connectivity index (χ2v) is 5.55. The van der Waals surface area contributed by atoms with Gasteiger partial charge < -0.3 is 15.2 Å². The highest BCUT2D eigenvalue weighted by Gasteiger charge is 2.31. The van der Waals surface area contributed by atoms with Crippen molar-refractivity contribution in [1.29, 1.82) is 0 Å². The van der Waals surface area contributed by atoms with E-state index in [0.29, 0.717) is 13.2 Å². The quantitative estimate of drug-likeness (QED) is 0.860. The fourth-order valence-electron chi connectivity index (χ4n) is 2.73. The van der Waals surface area contributed by atoms with Crippen LogP contribution < -0.4 is 10.5 Å². The molecular weight excluding hydrogens is 252 g/mol. The first kappa shape index (κ1) is 15.3. The van der Waals surface area contributed by atoms with Gasteiger partial charge in [-0.05, 0) is 38.0 Å². The van der Waals surface area contributed by atoms with Gasteiger partial charge in [0.05, 0.1) is 19.8 Å². The summed E-state index contributed by atoms with van der Waals surface area (Å²) in [4.78, 5) is 2.45. The van der Waals surface area contributed by atoms with Gasteiger partial charge in [0.15, 0.2) is 0 Å². The molecule has 0 aliphatic carbocycles. The van der Waals surface area contributed by atoms with Crippen LogP contribution in [0, 0.1) is 0 Å². The van der Waals surface area contributed by atoms with Crippen LogP contribution >= 0.6 is 0 Å². The van der Waals surface area contributed by atoms with Crippen molar-refractivity contribution < 1.29 is 9.47 Å². The summed E-state index contributed by atoms with van der Waals surface area (Å²) in [5.41, 5.74) is 7.35. The average Bonchev–Trinajstić information content (AvgIpc) is 2.50. The number of hydrogen-bond acceptors (Lipinski definition) is 4. The lowest BCUT2D eigenvalue weighted by molar-refractivity contribution is -0.0132. The van der Waals surface area contributed by atoms with Crippen LogP contribution in [0.4, 0.5) is 0 Å². The SMILES string of the molecule is CCOc1ccc(CC(C)(CN)N2CCOCC2)cc1. The normalized spacial score (nSPS) is 19.6. The fraction of sp³-hybridized carbons (Fsp3) is 0.625. The van der Waals surface area contributed by atoms with E-state index in [1.54, 1.807) is 0 Å². The zero-order valence-electron chi connectivity index (χ0n) is 12.6. The summed E-state index contributed by atoms with van der Waals surface area (Å²) in [7, 11) is 0. The Kier molecular flexibility index (Phi) is 5.40. The molecule has 112 valence electrons. The molecule has 1 saturated heterocycles. The molecule has 2 rings (SSSR count). The minimum absolute atomic E-state index is 0.00307. The number of benzene rings is 1. The Morgan fingerprint density at radius 1 is 1.25 bits per heavy atom.